The summed E-state index contributed by atoms with van der Waals surface area (Å²) >= 11 is 0. The Morgan fingerprint density at radius 3 is 2.37 bits per heavy atom. The molecule has 1 saturated heterocycles. The van der Waals surface area contributed by atoms with Gasteiger partial charge >= 0.3 is 0 Å². The van der Waals surface area contributed by atoms with E-state index in [1.807, 2.05) is 13.8 Å². The van der Waals surface area contributed by atoms with Crippen LogP contribution in [0, 0.1) is 6.92 Å². The molecule has 4 rings (SSSR count). The van der Waals surface area contributed by atoms with Crippen molar-refractivity contribution < 1.29 is 22.6 Å². The smallest absolute Gasteiger partial charge is 0.245 e. The molecule has 1 fully saturated rings. The third kappa shape index (κ3) is 4.96. The molecule has 1 aliphatic heterocycles. The van der Waals surface area contributed by atoms with Crippen molar-refractivity contribution >= 4 is 9.84 Å². The summed E-state index contributed by atoms with van der Waals surface area (Å²) < 4.78 is 45.4. The highest BCUT2D eigenvalue weighted by Crippen LogP contribution is 2.36. The number of hydrogen-bond acceptors (Lipinski definition) is 11. The van der Waals surface area contributed by atoms with Gasteiger partial charge in [0.25, 0.3) is 0 Å². The van der Waals surface area contributed by atoms with E-state index in [0.717, 1.165) is 18.5 Å². The molecule has 188 valence electrons. The summed E-state index contributed by atoms with van der Waals surface area (Å²) in [6.07, 6.45) is 5.78. The van der Waals surface area contributed by atoms with Gasteiger partial charge in [-0.2, -0.15) is 9.97 Å². The number of ether oxygens (including phenoxy) is 3. The van der Waals surface area contributed by atoms with Crippen LogP contribution in [0.2, 0.25) is 0 Å². The Morgan fingerprint density at radius 1 is 1.09 bits per heavy atom. The minimum absolute atomic E-state index is 0.191. The molecule has 0 unspecified atom stereocenters. The van der Waals surface area contributed by atoms with Gasteiger partial charge in [-0.25, -0.2) is 8.42 Å². The summed E-state index contributed by atoms with van der Waals surface area (Å²) in [6, 6.07) is 0. The highest BCUT2D eigenvalue weighted by atomic mass is 32.2. The minimum Gasteiger partial charge on any atom is -0.479 e. The molecule has 1 aliphatic rings. The zero-order valence-electron chi connectivity index (χ0n) is 20.4. The number of hydrogen-bond donors (Lipinski definition) is 0. The van der Waals surface area contributed by atoms with E-state index in [0.29, 0.717) is 23.8 Å². The van der Waals surface area contributed by atoms with Gasteiger partial charge < -0.3 is 14.2 Å². The third-order valence-corrected chi connectivity index (χ3v) is 8.41. The quantitative estimate of drug-likeness (QED) is 0.423. The van der Waals surface area contributed by atoms with Crippen LogP contribution in [0.5, 0.6) is 11.8 Å². The van der Waals surface area contributed by atoms with Gasteiger partial charge in [0.2, 0.25) is 11.8 Å². The first kappa shape index (κ1) is 24.9. The van der Waals surface area contributed by atoms with E-state index in [9.17, 15) is 8.42 Å². The topological polar surface area (TPSA) is 144 Å². The molecule has 0 N–H and O–H groups in total. The lowest BCUT2D eigenvalue weighted by Crippen LogP contribution is -2.27. The first-order chi connectivity index (χ1) is 16.8. The van der Waals surface area contributed by atoms with E-state index < -0.39 is 15.1 Å². The normalized spacial score (nSPS) is 17.8. The van der Waals surface area contributed by atoms with Gasteiger partial charge in [-0.15, -0.1) is 10.2 Å². The Bertz CT molecular complexity index is 1250. The standard InChI is InChI=1S/C22H29N7O5S/c1-13-9-24-16(10-23-13)14(2)15(3)35(30,31)11-18-27-28-20(17-7-6-8-34-17)29(18)19-21(32-4)25-12-26-22(19)33-5/h9-10,12,14-15,17H,6-8,11H2,1-5H3/t14-,15-,17-/m0/s1. The van der Waals surface area contributed by atoms with Gasteiger partial charge in [0.1, 0.15) is 18.2 Å². The van der Waals surface area contributed by atoms with E-state index in [-0.39, 0.29) is 35.4 Å². The maximum Gasteiger partial charge on any atom is 0.245 e. The molecule has 4 heterocycles. The van der Waals surface area contributed by atoms with Crippen molar-refractivity contribution in [1.82, 2.24) is 34.7 Å². The van der Waals surface area contributed by atoms with Gasteiger partial charge in [-0.3, -0.25) is 14.5 Å². The molecular formula is C22H29N7O5S. The van der Waals surface area contributed by atoms with Gasteiger partial charge in [0, 0.05) is 24.9 Å². The van der Waals surface area contributed by atoms with Crippen molar-refractivity contribution in [3.8, 4) is 17.4 Å². The van der Waals surface area contributed by atoms with Crippen molar-refractivity contribution in [2.75, 3.05) is 20.8 Å². The highest BCUT2D eigenvalue weighted by Gasteiger charge is 2.34. The fourth-order valence-corrected chi connectivity index (χ4v) is 5.57. The van der Waals surface area contributed by atoms with Gasteiger partial charge in [-0.1, -0.05) is 6.92 Å². The fourth-order valence-electron chi connectivity index (χ4n) is 4.00. The van der Waals surface area contributed by atoms with Gasteiger partial charge in [0.15, 0.2) is 27.2 Å². The van der Waals surface area contributed by atoms with Crippen molar-refractivity contribution in [3.63, 3.8) is 0 Å². The maximum atomic E-state index is 13.6. The van der Waals surface area contributed by atoms with E-state index in [1.54, 1.807) is 23.9 Å². The summed E-state index contributed by atoms with van der Waals surface area (Å²) in [5, 5.41) is 7.82. The lowest BCUT2D eigenvalue weighted by Gasteiger charge is -2.21. The van der Waals surface area contributed by atoms with E-state index in [4.69, 9.17) is 14.2 Å². The predicted octanol–water partition coefficient (Wildman–Crippen LogP) is 2.13. The van der Waals surface area contributed by atoms with E-state index in [2.05, 4.69) is 30.1 Å². The molecule has 12 nitrogen and oxygen atoms in total. The molecule has 0 spiro atoms. The molecule has 35 heavy (non-hydrogen) atoms. The zero-order chi connectivity index (χ0) is 25.2. The molecule has 0 radical (unpaired) electrons. The second kappa shape index (κ2) is 10.2. The van der Waals surface area contributed by atoms with E-state index in [1.165, 1.54) is 20.5 Å². The summed E-state index contributed by atoms with van der Waals surface area (Å²) in [5.41, 5.74) is 1.69. The van der Waals surface area contributed by atoms with Crippen LogP contribution in [0.25, 0.3) is 5.69 Å². The molecule has 3 aromatic rings. The predicted molar refractivity (Wildman–Crippen MR) is 125 cm³/mol. The van der Waals surface area contributed by atoms with Crippen molar-refractivity contribution in [3.05, 3.63) is 41.8 Å². The molecule has 13 heteroatoms. The van der Waals surface area contributed by atoms with Crippen molar-refractivity contribution in [1.29, 1.82) is 0 Å². The Morgan fingerprint density at radius 2 is 1.80 bits per heavy atom. The molecule has 0 aliphatic carbocycles. The van der Waals surface area contributed by atoms with Crippen LogP contribution in [0.15, 0.2) is 18.7 Å². The molecule has 3 atom stereocenters. The summed E-state index contributed by atoms with van der Waals surface area (Å²) in [5.74, 6) is 0.279. The fraction of sp³-hybridized carbons (Fsp3) is 0.545. The largest absolute Gasteiger partial charge is 0.479 e. The second-order valence-corrected chi connectivity index (χ2v) is 10.8. The number of sulfone groups is 1. The number of aryl methyl sites for hydroxylation is 1. The van der Waals surface area contributed by atoms with Crippen LogP contribution in [0.3, 0.4) is 0 Å². The van der Waals surface area contributed by atoms with Crippen LogP contribution in [-0.4, -0.2) is 69.2 Å². The number of nitrogens with zero attached hydrogens (tertiary/aromatic N) is 7. The monoisotopic (exact) mass is 503 g/mol. The Hall–Kier alpha value is -3.19. The molecule has 0 amide bonds. The first-order valence-corrected chi connectivity index (χ1v) is 13.0. The first-order valence-electron chi connectivity index (χ1n) is 11.3. The van der Waals surface area contributed by atoms with Gasteiger partial charge in [-0.05, 0) is 26.7 Å². The maximum absolute atomic E-state index is 13.6. The molecule has 0 aromatic carbocycles. The molecule has 0 bridgehead atoms. The summed E-state index contributed by atoms with van der Waals surface area (Å²) in [6.45, 7) is 5.89. The lowest BCUT2D eigenvalue weighted by atomic mass is 10.1. The Labute approximate surface area is 204 Å². The van der Waals surface area contributed by atoms with E-state index >= 15 is 0 Å². The SMILES string of the molecule is COc1ncnc(OC)c1-n1c(CS(=O)(=O)[C@@H](C)[C@H](C)c2cnc(C)cn2)nnc1[C@@H]1CCCO1. The average molecular weight is 504 g/mol. The average Bonchev–Trinajstić information content (AvgIpc) is 3.52. The van der Waals surface area contributed by atoms with Crippen molar-refractivity contribution in [2.45, 2.75) is 56.6 Å². The second-order valence-electron chi connectivity index (χ2n) is 8.44. The lowest BCUT2D eigenvalue weighted by molar-refractivity contribution is 0.103. The van der Waals surface area contributed by atoms with Crippen LogP contribution in [0.1, 0.15) is 61.7 Å². The van der Waals surface area contributed by atoms with Crippen LogP contribution in [-0.2, 0) is 20.3 Å². The summed E-state index contributed by atoms with van der Waals surface area (Å²) in [7, 11) is -0.780. The molecule has 3 aromatic heterocycles. The highest BCUT2D eigenvalue weighted by molar-refractivity contribution is 7.91. The Balaban J connectivity index is 1.76. The van der Waals surface area contributed by atoms with Crippen LogP contribution >= 0.6 is 0 Å². The third-order valence-electron chi connectivity index (χ3n) is 6.21. The molecular weight excluding hydrogens is 474 g/mol. The van der Waals surface area contributed by atoms with Crippen LogP contribution < -0.4 is 9.47 Å². The Kier molecular flexibility index (Phi) is 7.26. The van der Waals surface area contributed by atoms with Crippen molar-refractivity contribution in [2.24, 2.45) is 0 Å². The zero-order valence-corrected chi connectivity index (χ0v) is 21.2. The number of rotatable bonds is 9. The minimum atomic E-state index is -3.71. The number of aromatic nitrogens is 7. The van der Waals surface area contributed by atoms with Crippen LogP contribution in [0.4, 0.5) is 0 Å². The summed E-state index contributed by atoms with van der Waals surface area (Å²) in [4.78, 5) is 17.0. The molecule has 0 saturated carbocycles. The van der Waals surface area contributed by atoms with Gasteiger partial charge in [0.05, 0.1) is 30.9 Å². The number of methoxy groups -OCH3 is 2.